The number of dihydropyridines is 1. The largest absolute Gasteiger partial charge is 0.463 e. The van der Waals surface area contributed by atoms with Crippen molar-refractivity contribution in [2.24, 2.45) is 5.73 Å². The Balaban J connectivity index is 1.99. The number of carbonyl (C=O) groups is 1. The van der Waals surface area contributed by atoms with Gasteiger partial charge in [-0.1, -0.05) is 42.5 Å². The lowest BCUT2D eigenvalue weighted by Gasteiger charge is -2.26. The number of ether oxygens (including phenoxy) is 1. The monoisotopic (exact) mass is 430 g/mol. The third-order valence-corrected chi connectivity index (χ3v) is 5.43. The Morgan fingerprint density at radius 3 is 2.62 bits per heavy atom. The molecule has 1 atom stereocenters. The molecule has 3 aromatic rings. The van der Waals surface area contributed by atoms with Crippen LogP contribution in [0, 0.1) is 10.1 Å². The second-order valence-corrected chi connectivity index (χ2v) is 7.38. The summed E-state index contributed by atoms with van der Waals surface area (Å²) in [5.74, 6) is -1.67. The number of carbonyl (C=O) groups excluding carboxylic acids is 1. The fourth-order valence-electron chi connectivity index (χ4n) is 4.04. The van der Waals surface area contributed by atoms with Crippen LogP contribution < -0.4 is 11.1 Å². The summed E-state index contributed by atoms with van der Waals surface area (Å²) >= 11 is 0. The fraction of sp³-hybridized carbons (Fsp3) is 0.167. The molecule has 0 spiro atoms. The van der Waals surface area contributed by atoms with Gasteiger partial charge in [-0.3, -0.25) is 15.1 Å². The predicted molar refractivity (Wildman–Crippen MR) is 121 cm³/mol. The van der Waals surface area contributed by atoms with E-state index in [-0.39, 0.29) is 29.4 Å². The van der Waals surface area contributed by atoms with Gasteiger partial charge in [0.1, 0.15) is 11.7 Å². The van der Waals surface area contributed by atoms with Gasteiger partial charge in [0, 0.05) is 17.1 Å². The molecule has 0 saturated heterocycles. The first-order valence-corrected chi connectivity index (χ1v) is 10.2. The number of allylic oxidation sites excluding steroid dienone is 2. The number of nitro groups is 1. The normalized spacial score (nSPS) is 16.1. The number of pyridine rings is 1. The minimum absolute atomic E-state index is 0.0155. The molecule has 4 rings (SSSR count). The zero-order valence-corrected chi connectivity index (χ0v) is 17.7. The van der Waals surface area contributed by atoms with Gasteiger partial charge >= 0.3 is 5.97 Å². The predicted octanol–water partition coefficient (Wildman–Crippen LogP) is 3.83. The smallest absolute Gasteiger partial charge is 0.338 e. The molecule has 3 N–H and O–H groups in total. The highest BCUT2D eigenvalue weighted by Gasteiger charge is 2.42. The van der Waals surface area contributed by atoms with Gasteiger partial charge in [-0.2, -0.15) is 0 Å². The molecule has 32 heavy (non-hydrogen) atoms. The number of aromatic nitrogens is 1. The van der Waals surface area contributed by atoms with E-state index in [2.05, 4.69) is 10.3 Å². The SMILES string of the molecule is CCOC(=O)C1=C(N)NC(C)=C([N+](=O)[O-])C1c1cccc2ncc(-c3ccccc3)cc12. The van der Waals surface area contributed by atoms with E-state index in [1.54, 1.807) is 32.2 Å². The summed E-state index contributed by atoms with van der Waals surface area (Å²) < 4.78 is 5.19. The molecule has 162 valence electrons. The number of rotatable bonds is 5. The minimum atomic E-state index is -1.01. The molecule has 0 fully saturated rings. The third kappa shape index (κ3) is 3.66. The van der Waals surface area contributed by atoms with E-state index in [4.69, 9.17) is 10.5 Å². The summed E-state index contributed by atoms with van der Waals surface area (Å²) in [5, 5.41) is 15.5. The fourth-order valence-corrected chi connectivity index (χ4v) is 4.04. The van der Waals surface area contributed by atoms with Gasteiger partial charge in [0.2, 0.25) is 0 Å². The van der Waals surface area contributed by atoms with Crippen molar-refractivity contribution in [1.29, 1.82) is 0 Å². The lowest BCUT2D eigenvalue weighted by Crippen LogP contribution is -2.35. The van der Waals surface area contributed by atoms with Crippen molar-refractivity contribution in [1.82, 2.24) is 10.3 Å². The lowest BCUT2D eigenvalue weighted by atomic mass is 9.83. The minimum Gasteiger partial charge on any atom is -0.463 e. The van der Waals surface area contributed by atoms with Gasteiger partial charge < -0.3 is 15.8 Å². The van der Waals surface area contributed by atoms with Gasteiger partial charge in [0.05, 0.1) is 28.3 Å². The molecular weight excluding hydrogens is 408 g/mol. The third-order valence-electron chi connectivity index (χ3n) is 5.43. The van der Waals surface area contributed by atoms with Crippen molar-refractivity contribution >= 4 is 16.9 Å². The van der Waals surface area contributed by atoms with Crippen molar-refractivity contribution in [3.8, 4) is 11.1 Å². The van der Waals surface area contributed by atoms with Crippen LogP contribution in [0.1, 0.15) is 25.3 Å². The van der Waals surface area contributed by atoms with Gasteiger partial charge in [0.25, 0.3) is 5.70 Å². The molecule has 2 aromatic carbocycles. The standard InChI is InChI=1S/C24H22N4O4/c1-3-32-24(29)21-20(22(28(30)31)14(2)27-23(21)25)17-10-7-11-19-18(17)12-16(13-26-19)15-8-5-4-6-9-15/h4-13,20,27H,3,25H2,1-2H3. The first-order valence-electron chi connectivity index (χ1n) is 10.2. The maximum atomic E-state index is 12.8. The maximum absolute atomic E-state index is 12.8. The van der Waals surface area contributed by atoms with E-state index in [9.17, 15) is 14.9 Å². The summed E-state index contributed by atoms with van der Waals surface area (Å²) in [4.78, 5) is 29.0. The Labute approximate surface area is 184 Å². The molecule has 1 aliphatic rings. The zero-order chi connectivity index (χ0) is 22.8. The molecule has 1 unspecified atom stereocenters. The van der Waals surface area contributed by atoms with Crippen LogP contribution >= 0.6 is 0 Å². The molecule has 0 aliphatic carbocycles. The van der Waals surface area contributed by atoms with Crippen molar-refractivity contribution in [2.45, 2.75) is 19.8 Å². The van der Waals surface area contributed by atoms with Crippen LogP contribution in [-0.4, -0.2) is 22.5 Å². The van der Waals surface area contributed by atoms with E-state index in [0.717, 1.165) is 11.1 Å². The van der Waals surface area contributed by atoms with Crippen molar-refractivity contribution in [3.63, 3.8) is 0 Å². The van der Waals surface area contributed by atoms with E-state index < -0.39 is 16.8 Å². The molecular formula is C24H22N4O4. The van der Waals surface area contributed by atoms with Gasteiger partial charge in [-0.15, -0.1) is 0 Å². The van der Waals surface area contributed by atoms with Crippen molar-refractivity contribution < 1.29 is 14.5 Å². The molecule has 0 radical (unpaired) electrons. The van der Waals surface area contributed by atoms with Gasteiger partial charge in [-0.05, 0) is 37.1 Å². The quantitative estimate of drug-likeness (QED) is 0.358. The van der Waals surface area contributed by atoms with Crippen LogP contribution in [0.2, 0.25) is 0 Å². The Kier molecular flexibility index (Phi) is 5.59. The lowest BCUT2D eigenvalue weighted by molar-refractivity contribution is -0.431. The number of nitrogens with two attached hydrogens (primary N) is 1. The van der Waals surface area contributed by atoms with Crippen LogP contribution in [0.25, 0.3) is 22.0 Å². The highest BCUT2D eigenvalue weighted by atomic mass is 16.6. The Bertz CT molecular complexity index is 1280. The number of benzene rings is 2. The zero-order valence-electron chi connectivity index (χ0n) is 17.7. The molecule has 0 amide bonds. The number of hydrogen-bond donors (Lipinski definition) is 2. The van der Waals surface area contributed by atoms with Crippen LogP contribution in [0.3, 0.4) is 0 Å². The average Bonchev–Trinajstić information content (AvgIpc) is 2.78. The highest BCUT2D eigenvalue weighted by molar-refractivity contribution is 5.95. The second-order valence-electron chi connectivity index (χ2n) is 7.38. The second kappa shape index (κ2) is 8.50. The number of hydrogen-bond acceptors (Lipinski definition) is 7. The van der Waals surface area contributed by atoms with E-state index in [1.165, 1.54) is 0 Å². The van der Waals surface area contributed by atoms with E-state index >= 15 is 0 Å². The van der Waals surface area contributed by atoms with Crippen molar-refractivity contribution in [3.05, 3.63) is 99.3 Å². The van der Waals surface area contributed by atoms with Gasteiger partial charge in [-0.25, -0.2) is 4.79 Å². The number of nitrogens with zero attached hydrogens (tertiary/aromatic N) is 2. The topological polar surface area (TPSA) is 120 Å². The first kappa shape index (κ1) is 21.0. The van der Waals surface area contributed by atoms with Crippen LogP contribution in [0.5, 0.6) is 0 Å². The maximum Gasteiger partial charge on any atom is 0.338 e. The number of esters is 1. The van der Waals surface area contributed by atoms with E-state index in [0.29, 0.717) is 16.5 Å². The molecule has 1 aliphatic heterocycles. The summed E-state index contributed by atoms with van der Waals surface area (Å²) in [6.07, 6.45) is 1.76. The van der Waals surface area contributed by atoms with E-state index in [1.807, 2.05) is 42.5 Å². The molecule has 8 nitrogen and oxygen atoms in total. The number of nitrogens with one attached hydrogen (secondary N) is 1. The summed E-state index contributed by atoms with van der Waals surface area (Å²) in [5.41, 5.74) is 9.32. The molecule has 2 heterocycles. The summed E-state index contributed by atoms with van der Waals surface area (Å²) in [6, 6.07) is 17.0. The molecule has 0 saturated carbocycles. The molecule has 1 aromatic heterocycles. The highest BCUT2D eigenvalue weighted by Crippen LogP contribution is 2.41. The Morgan fingerprint density at radius 1 is 1.19 bits per heavy atom. The number of fused-ring (bicyclic) bond motifs is 1. The Morgan fingerprint density at radius 2 is 1.94 bits per heavy atom. The van der Waals surface area contributed by atoms with Crippen molar-refractivity contribution in [2.75, 3.05) is 6.61 Å². The van der Waals surface area contributed by atoms with Crippen LogP contribution in [0.15, 0.2) is 83.6 Å². The van der Waals surface area contributed by atoms with Crippen LogP contribution in [0.4, 0.5) is 0 Å². The molecule has 8 heteroatoms. The summed E-state index contributed by atoms with van der Waals surface area (Å²) in [7, 11) is 0. The first-order chi connectivity index (χ1) is 15.4. The summed E-state index contributed by atoms with van der Waals surface area (Å²) in [6.45, 7) is 3.36. The van der Waals surface area contributed by atoms with Crippen LogP contribution in [-0.2, 0) is 9.53 Å². The average molecular weight is 430 g/mol. The van der Waals surface area contributed by atoms with Gasteiger partial charge in [0.15, 0.2) is 0 Å². The molecule has 0 bridgehead atoms. The Hall–Kier alpha value is -4.20.